The molecule has 0 radical (unpaired) electrons. The molecule has 1 saturated heterocycles. The van der Waals surface area contributed by atoms with Gasteiger partial charge in [0.05, 0.1) is 18.3 Å². The van der Waals surface area contributed by atoms with Gasteiger partial charge in [0.25, 0.3) is 0 Å². The van der Waals surface area contributed by atoms with Crippen molar-refractivity contribution in [2.24, 2.45) is 0 Å². The summed E-state index contributed by atoms with van der Waals surface area (Å²) < 4.78 is 0. The highest BCUT2D eigenvalue weighted by Gasteiger charge is 2.29. The molecule has 1 aromatic rings. The molecule has 1 atom stereocenters. The fraction of sp³-hybridized carbons (Fsp3) is 0.579. The summed E-state index contributed by atoms with van der Waals surface area (Å²) in [6.45, 7) is 6.36. The number of para-hydroxylation sites is 1. The molecule has 0 saturated carbocycles. The van der Waals surface area contributed by atoms with Gasteiger partial charge in [-0.15, -0.1) is 24.2 Å². The maximum Gasteiger partial charge on any atom is 0.317 e. The number of nitrogens with zero attached hydrogens (tertiary/aromatic N) is 2. The Morgan fingerprint density at radius 3 is 2.52 bits per heavy atom. The smallest absolute Gasteiger partial charge is 0.317 e. The number of likely N-dealkylation sites (N-methyl/N-ethyl adjacent to an activating group) is 1. The zero-order valence-electron chi connectivity index (χ0n) is 16.2. The van der Waals surface area contributed by atoms with Gasteiger partial charge in [0.15, 0.2) is 0 Å². The molecular weight excluding hydrogens is 386 g/mol. The van der Waals surface area contributed by atoms with Gasteiger partial charge in [0.1, 0.15) is 0 Å². The summed E-state index contributed by atoms with van der Waals surface area (Å²) in [5.74, 6) is -0.780. The van der Waals surface area contributed by atoms with Gasteiger partial charge < -0.3 is 10.4 Å². The second-order valence-corrected chi connectivity index (χ2v) is 7.44. The number of carboxylic acids is 1. The second kappa shape index (κ2) is 11.5. The predicted octanol–water partition coefficient (Wildman–Crippen LogP) is 3.03. The van der Waals surface area contributed by atoms with E-state index >= 15 is 0 Å². The lowest BCUT2D eigenvalue weighted by Gasteiger charge is -2.39. The normalized spacial score (nSPS) is 16.6. The number of carbonyl (C=O) groups is 2. The highest BCUT2D eigenvalue weighted by atomic mass is 35.5. The average Bonchev–Trinajstić information content (AvgIpc) is 2.66. The number of carbonyl (C=O) groups excluding carboxylic acids is 1. The second-order valence-electron chi connectivity index (χ2n) is 6.59. The van der Waals surface area contributed by atoms with E-state index in [9.17, 15) is 9.59 Å². The molecule has 152 valence electrons. The molecule has 0 aromatic heterocycles. The van der Waals surface area contributed by atoms with Crippen molar-refractivity contribution in [1.29, 1.82) is 0 Å². The Morgan fingerprint density at radius 1 is 1.33 bits per heavy atom. The zero-order chi connectivity index (χ0) is 19.1. The highest BCUT2D eigenvalue weighted by molar-refractivity contribution is 7.98. The highest BCUT2D eigenvalue weighted by Crippen LogP contribution is 2.25. The molecule has 1 heterocycles. The first-order valence-electron chi connectivity index (χ1n) is 9.10. The number of nitrogens with one attached hydrogen (secondary N) is 1. The van der Waals surface area contributed by atoms with Gasteiger partial charge >= 0.3 is 5.97 Å². The third-order valence-electron chi connectivity index (χ3n) is 5.05. The maximum absolute atomic E-state index is 12.6. The van der Waals surface area contributed by atoms with Gasteiger partial charge in [0, 0.05) is 24.0 Å². The lowest BCUT2D eigenvalue weighted by molar-refractivity contribution is -0.139. The standard InChI is InChI=1S/C19H29N3O3S.ClH/c1-4-21(13-18(23)24)15-9-11-22(12-10-15)14(2)19(25)20-16-7-5-6-8-17(16)26-3;/h5-8,14-15H,4,9-13H2,1-3H3,(H,20,25)(H,23,24);1H. The summed E-state index contributed by atoms with van der Waals surface area (Å²) in [6.07, 6.45) is 3.77. The van der Waals surface area contributed by atoms with E-state index in [2.05, 4.69) is 10.2 Å². The van der Waals surface area contributed by atoms with Gasteiger partial charge in [-0.2, -0.15) is 0 Å². The molecule has 1 fully saturated rings. The number of likely N-dealkylation sites (tertiary alicyclic amines) is 1. The molecule has 2 N–H and O–H groups in total. The lowest BCUT2D eigenvalue weighted by atomic mass is 10.0. The summed E-state index contributed by atoms with van der Waals surface area (Å²) in [6, 6.07) is 7.88. The minimum absolute atomic E-state index is 0. The van der Waals surface area contributed by atoms with Crippen LogP contribution in [0.15, 0.2) is 29.2 Å². The van der Waals surface area contributed by atoms with Crippen molar-refractivity contribution in [3.8, 4) is 0 Å². The summed E-state index contributed by atoms with van der Waals surface area (Å²) >= 11 is 1.61. The first-order chi connectivity index (χ1) is 12.5. The van der Waals surface area contributed by atoms with E-state index in [1.807, 2.05) is 49.3 Å². The van der Waals surface area contributed by atoms with Crippen LogP contribution in [-0.4, -0.2) is 71.3 Å². The van der Waals surface area contributed by atoms with Crippen molar-refractivity contribution < 1.29 is 14.7 Å². The Hall–Kier alpha value is -1.28. The van der Waals surface area contributed by atoms with Crippen molar-refractivity contribution in [3.05, 3.63) is 24.3 Å². The monoisotopic (exact) mass is 415 g/mol. The molecular formula is C19H30ClN3O3S. The minimum atomic E-state index is -0.783. The van der Waals surface area contributed by atoms with Crippen LogP contribution >= 0.6 is 24.2 Å². The Bertz CT molecular complexity index is 624. The molecule has 2 rings (SSSR count). The Balaban J connectivity index is 0.00000364. The molecule has 0 spiro atoms. The first-order valence-corrected chi connectivity index (χ1v) is 10.3. The lowest BCUT2D eigenvalue weighted by Crippen LogP contribution is -2.51. The summed E-state index contributed by atoms with van der Waals surface area (Å²) in [5, 5.41) is 12.1. The fourth-order valence-electron chi connectivity index (χ4n) is 3.46. The molecule has 1 unspecified atom stereocenters. The fourth-order valence-corrected chi connectivity index (χ4v) is 4.02. The Kier molecular flexibility index (Phi) is 10.2. The number of thioether (sulfide) groups is 1. The van der Waals surface area contributed by atoms with Gasteiger partial charge in [-0.3, -0.25) is 19.4 Å². The number of amides is 1. The van der Waals surface area contributed by atoms with Gasteiger partial charge in [-0.1, -0.05) is 19.1 Å². The number of hydrogen-bond acceptors (Lipinski definition) is 5. The first kappa shape index (κ1) is 23.8. The molecule has 1 amide bonds. The van der Waals surface area contributed by atoms with E-state index in [1.165, 1.54) is 0 Å². The average molecular weight is 416 g/mol. The van der Waals surface area contributed by atoms with E-state index in [4.69, 9.17) is 5.11 Å². The summed E-state index contributed by atoms with van der Waals surface area (Å²) in [5.41, 5.74) is 0.852. The van der Waals surface area contributed by atoms with Gasteiger partial charge in [-0.25, -0.2) is 0 Å². The predicted molar refractivity (Wildman–Crippen MR) is 113 cm³/mol. The van der Waals surface area contributed by atoms with Crippen LogP contribution in [0.2, 0.25) is 0 Å². The number of benzene rings is 1. The van der Waals surface area contributed by atoms with Crippen LogP contribution in [0.25, 0.3) is 0 Å². The van der Waals surface area contributed by atoms with Crippen LogP contribution in [0.4, 0.5) is 5.69 Å². The Morgan fingerprint density at radius 2 is 1.96 bits per heavy atom. The van der Waals surface area contributed by atoms with Crippen molar-refractivity contribution in [2.75, 3.05) is 37.8 Å². The van der Waals surface area contributed by atoms with Crippen molar-refractivity contribution in [3.63, 3.8) is 0 Å². The molecule has 1 aromatic carbocycles. The third kappa shape index (κ3) is 6.68. The van der Waals surface area contributed by atoms with E-state index in [0.29, 0.717) is 0 Å². The van der Waals surface area contributed by atoms with Gasteiger partial charge in [0.2, 0.25) is 5.91 Å². The topological polar surface area (TPSA) is 72.9 Å². The number of halogens is 1. The summed E-state index contributed by atoms with van der Waals surface area (Å²) in [7, 11) is 0. The molecule has 27 heavy (non-hydrogen) atoms. The molecule has 1 aliphatic rings. The SMILES string of the molecule is CCN(CC(=O)O)C1CCN(C(C)C(=O)Nc2ccccc2SC)CC1.Cl. The molecule has 6 nitrogen and oxygen atoms in total. The third-order valence-corrected chi connectivity index (χ3v) is 5.85. The zero-order valence-corrected chi connectivity index (χ0v) is 17.8. The number of anilines is 1. The van der Waals surface area contributed by atoms with Crippen LogP contribution < -0.4 is 5.32 Å². The number of carboxylic acid groups (broad SMARTS) is 1. The van der Waals surface area contributed by atoms with Crippen molar-refractivity contribution >= 4 is 41.7 Å². The number of hydrogen-bond donors (Lipinski definition) is 2. The van der Waals surface area contributed by atoms with Crippen LogP contribution in [0.5, 0.6) is 0 Å². The molecule has 1 aliphatic heterocycles. The van der Waals surface area contributed by atoms with Crippen LogP contribution in [0, 0.1) is 0 Å². The maximum atomic E-state index is 12.6. The number of rotatable bonds is 8. The Labute approximate surface area is 172 Å². The van der Waals surface area contributed by atoms with E-state index in [0.717, 1.165) is 43.1 Å². The largest absolute Gasteiger partial charge is 0.480 e. The minimum Gasteiger partial charge on any atom is -0.480 e. The van der Waals surface area contributed by atoms with Gasteiger partial charge in [-0.05, 0) is 44.7 Å². The van der Waals surface area contributed by atoms with Crippen LogP contribution in [-0.2, 0) is 9.59 Å². The van der Waals surface area contributed by atoms with Crippen LogP contribution in [0.3, 0.4) is 0 Å². The van der Waals surface area contributed by atoms with Crippen molar-refractivity contribution in [2.45, 2.75) is 43.7 Å². The molecule has 0 aliphatic carbocycles. The molecule has 8 heteroatoms. The van der Waals surface area contributed by atoms with E-state index in [1.54, 1.807) is 11.8 Å². The quantitative estimate of drug-likeness (QED) is 0.636. The molecule has 0 bridgehead atoms. The van der Waals surface area contributed by atoms with Crippen molar-refractivity contribution in [1.82, 2.24) is 9.80 Å². The van der Waals surface area contributed by atoms with E-state index in [-0.39, 0.29) is 36.9 Å². The number of piperidine rings is 1. The number of aliphatic carboxylic acids is 1. The van der Waals surface area contributed by atoms with Crippen LogP contribution in [0.1, 0.15) is 26.7 Å². The van der Waals surface area contributed by atoms with E-state index < -0.39 is 5.97 Å². The summed E-state index contributed by atoms with van der Waals surface area (Å²) in [4.78, 5) is 28.9.